The molecule has 20 heavy (non-hydrogen) atoms. The maximum Gasteiger partial charge on any atom is 0.259 e. The number of nitrogens with two attached hydrogens (primary N) is 1. The number of benzene rings is 2. The second kappa shape index (κ2) is 5.22. The Morgan fingerprint density at radius 2 is 2.05 bits per heavy atom. The van der Waals surface area contributed by atoms with Gasteiger partial charge in [0.25, 0.3) is 5.91 Å². The highest BCUT2D eigenvalue weighted by atomic mass is 79.9. The standard InChI is InChI=1S/C14H10BrN3OS/c15-8-5-6-9(10(16)7-8)13(19)18-14-17-11-3-1-2-4-12(11)20-14/h1-7H,16H2,(H,17,18,19). The number of para-hydroxylation sites is 1. The first-order valence-electron chi connectivity index (χ1n) is 5.85. The molecule has 3 aromatic rings. The van der Waals surface area contributed by atoms with Crippen LogP contribution >= 0.6 is 27.3 Å². The Hall–Kier alpha value is -1.92. The van der Waals surface area contributed by atoms with E-state index < -0.39 is 0 Å². The molecule has 0 atom stereocenters. The van der Waals surface area contributed by atoms with Gasteiger partial charge in [0, 0.05) is 10.2 Å². The molecule has 3 rings (SSSR count). The molecule has 0 spiro atoms. The zero-order chi connectivity index (χ0) is 14.1. The van der Waals surface area contributed by atoms with Crippen LogP contribution in [0.25, 0.3) is 10.2 Å². The van der Waals surface area contributed by atoms with Gasteiger partial charge in [-0.1, -0.05) is 39.4 Å². The normalized spacial score (nSPS) is 10.7. The molecule has 1 amide bonds. The number of nitrogens with zero attached hydrogens (tertiary/aromatic N) is 1. The Labute approximate surface area is 127 Å². The SMILES string of the molecule is Nc1cc(Br)ccc1C(=O)Nc1nc2ccccc2s1. The number of halogens is 1. The van der Waals surface area contributed by atoms with E-state index in [1.54, 1.807) is 18.2 Å². The zero-order valence-electron chi connectivity index (χ0n) is 10.3. The average molecular weight is 348 g/mol. The maximum atomic E-state index is 12.2. The number of rotatable bonds is 2. The largest absolute Gasteiger partial charge is 0.398 e. The summed E-state index contributed by atoms with van der Waals surface area (Å²) in [6.07, 6.45) is 0. The fourth-order valence-corrected chi connectivity index (χ4v) is 3.07. The van der Waals surface area contributed by atoms with Gasteiger partial charge in [-0.15, -0.1) is 0 Å². The Bertz CT molecular complexity index is 767. The third-order valence-corrected chi connectivity index (χ3v) is 4.22. The van der Waals surface area contributed by atoms with Gasteiger partial charge in [0.15, 0.2) is 5.13 Å². The van der Waals surface area contributed by atoms with Crippen molar-refractivity contribution in [3.8, 4) is 0 Å². The van der Waals surface area contributed by atoms with Gasteiger partial charge in [0.2, 0.25) is 0 Å². The molecule has 1 heterocycles. The van der Waals surface area contributed by atoms with Crippen LogP contribution < -0.4 is 11.1 Å². The van der Waals surface area contributed by atoms with Crippen LogP contribution in [0.3, 0.4) is 0 Å². The van der Waals surface area contributed by atoms with Crippen molar-refractivity contribution in [2.24, 2.45) is 0 Å². The molecule has 0 saturated carbocycles. The highest BCUT2D eigenvalue weighted by Crippen LogP contribution is 2.26. The van der Waals surface area contributed by atoms with Gasteiger partial charge < -0.3 is 5.73 Å². The van der Waals surface area contributed by atoms with Crippen LogP contribution in [-0.4, -0.2) is 10.9 Å². The lowest BCUT2D eigenvalue weighted by Crippen LogP contribution is -2.13. The molecule has 0 radical (unpaired) electrons. The Balaban J connectivity index is 1.88. The second-order valence-corrected chi connectivity index (χ2v) is 6.12. The number of thiazole rings is 1. The number of fused-ring (bicyclic) bond motifs is 1. The summed E-state index contributed by atoms with van der Waals surface area (Å²) < 4.78 is 1.87. The van der Waals surface area contributed by atoms with Crippen molar-refractivity contribution >= 4 is 54.2 Å². The van der Waals surface area contributed by atoms with Gasteiger partial charge in [0.1, 0.15) is 0 Å². The Morgan fingerprint density at radius 3 is 2.80 bits per heavy atom. The van der Waals surface area contributed by atoms with E-state index in [4.69, 9.17) is 5.73 Å². The van der Waals surface area contributed by atoms with E-state index in [1.807, 2.05) is 24.3 Å². The van der Waals surface area contributed by atoms with E-state index in [2.05, 4.69) is 26.2 Å². The number of aromatic nitrogens is 1. The third kappa shape index (κ3) is 2.52. The Morgan fingerprint density at radius 1 is 1.25 bits per heavy atom. The van der Waals surface area contributed by atoms with Gasteiger partial charge in [-0.25, -0.2) is 4.98 Å². The van der Waals surface area contributed by atoms with Gasteiger partial charge in [-0.3, -0.25) is 10.1 Å². The lowest BCUT2D eigenvalue weighted by atomic mass is 10.2. The fraction of sp³-hybridized carbons (Fsp3) is 0. The molecule has 0 aliphatic heterocycles. The number of amides is 1. The van der Waals surface area contributed by atoms with Crippen LogP contribution in [-0.2, 0) is 0 Å². The molecule has 1 aromatic heterocycles. The molecular weight excluding hydrogens is 338 g/mol. The molecule has 2 aromatic carbocycles. The van der Waals surface area contributed by atoms with Gasteiger partial charge in [0.05, 0.1) is 15.8 Å². The first-order valence-corrected chi connectivity index (χ1v) is 7.46. The van der Waals surface area contributed by atoms with E-state index in [0.29, 0.717) is 16.4 Å². The summed E-state index contributed by atoms with van der Waals surface area (Å²) in [5.74, 6) is -0.256. The summed E-state index contributed by atoms with van der Waals surface area (Å²) in [5.41, 5.74) is 7.58. The minimum atomic E-state index is -0.256. The highest BCUT2D eigenvalue weighted by Gasteiger charge is 2.12. The number of hydrogen-bond donors (Lipinski definition) is 2. The predicted molar refractivity (Wildman–Crippen MR) is 86.1 cm³/mol. The summed E-state index contributed by atoms with van der Waals surface area (Å²) in [6, 6.07) is 12.9. The van der Waals surface area contributed by atoms with Crippen LogP contribution in [0.1, 0.15) is 10.4 Å². The minimum Gasteiger partial charge on any atom is -0.398 e. The minimum absolute atomic E-state index is 0.256. The van der Waals surface area contributed by atoms with E-state index in [-0.39, 0.29) is 5.91 Å². The third-order valence-electron chi connectivity index (χ3n) is 2.77. The number of nitrogen functional groups attached to an aromatic ring is 1. The van der Waals surface area contributed by atoms with Crippen molar-refractivity contribution < 1.29 is 4.79 Å². The molecule has 3 N–H and O–H groups in total. The fourth-order valence-electron chi connectivity index (χ4n) is 1.83. The number of carbonyl (C=O) groups excluding carboxylic acids is 1. The molecule has 0 aliphatic carbocycles. The summed E-state index contributed by atoms with van der Waals surface area (Å²) in [6.45, 7) is 0. The quantitative estimate of drug-likeness (QED) is 0.691. The molecule has 0 fully saturated rings. The van der Waals surface area contributed by atoms with Crippen LogP contribution in [0, 0.1) is 0 Å². The summed E-state index contributed by atoms with van der Waals surface area (Å²) in [5, 5.41) is 3.35. The smallest absolute Gasteiger partial charge is 0.259 e. The van der Waals surface area contributed by atoms with Gasteiger partial charge in [-0.2, -0.15) is 0 Å². The molecule has 0 saturated heterocycles. The lowest BCUT2D eigenvalue weighted by Gasteiger charge is -2.05. The molecule has 0 unspecified atom stereocenters. The van der Waals surface area contributed by atoms with E-state index in [0.717, 1.165) is 14.7 Å². The van der Waals surface area contributed by atoms with Crippen molar-refractivity contribution in [1.29, 1.82) is 0 Å². The van der Waals surface area contributed by atoms with Crippen LogP contribution in [0.4, 0.5) is 10.8 Å². The van der Waals surface area contributed by atoms with Gasteiger partial charge in [-0.05, 0) is 30.3 Å². The van der Waals surface area contributed by atoms with Crippen molar-refractivity contribution in [3.63, 3.8) is 0 Å². The summed E-state index contributed by atoms with van der Waals surface area (Å²) in [4.78, 5) is 16.5. The molecule has 100 valence electrons. The first kappa shape index (κ1) is 13.1. The molecule has 0 bridgehead atoms. The second-order valence-electron chi connectivity index (χ2n) is 4.17. The van der Waals surface area contributed by atoms with Crippen molar-refractivity contribution in [2.75, 3.05) is 11.1 Å². The van der Waals surface area contributed by atoms with E-state index in [9.17, 15) is 4.79 Å². The van der Waals surface area contributed by atoms with E-state index in [1.165, 1.54) is 11.3 Å². The van der Waals surface area contributed by atoms with Crippen LogP contribution in [0.2, 0.25) is 0 Å². The van der Waals surface area contributed by atoms with Crippen molar-refractivity contribution in [1.82, 2.24) is 4.98 Å². The molecular formula is C14H10BrN3OS. The zero-order valence-corrected chi connectivity index (χ0v) is 12.7. The number of carbonyl (C=O) groups is 1. The Kier molecular flexibility index (Phi) is 3.42. The average Bonchev–Trinajstić information content (AvgIpc) is 2.80. The first-order chi connectivity index (χ1) is 9.63. The number of anilines is 2. The predicted octanol–water partition coefficient (Wildman–Crippen LogP) is 3.89. The van der Waals surface area contributed by atoms with E-state index >= 15 is 0 Å². The topological polar surface area (TPSA) is 68.0 Å². The highest BCUT2D eigenvalue weighted by molar-refractivity contribution is 9.10. The van der Waals surface area contributed by atoms with Gasteiger partial charge >= 0.3 is 0 Å². The summed E-state index contributed by atoms with van der Waals surface area (Å²) >= 11 is 4.75. The summed E-state index contributed by atoms with van der Waals surface area (Å²) in [7, 11) is 0. The number of nitrogens with one attached hydrogen (secondary N) is 1. The van der Waals surface area contributed by atoms with Crippen LogP contribution in [0.5, 0.6) is 0 Å². The van der Waals surface area contributed by atoms with Crippen LogP contribution in [0.15, 0.2) is 46.9 Å². The molecule has 4 nitrogen and oxygen atoms in total. The van der Waals surface area contributed by atoms with Crippen molar-refractivity contribution in [2.45, 2.75) is 0 Å². The molecule has 0 aliphatic rings. The number of hydrogen-bond acceptors (Lipinski definition) is 4. The monoisotopic (exact) mass is 347 g/mol. The maximum absolute atomic E-state index is 12.2. The lowest BCUT2D eigenvalue weighted by molar-refractivity contribution is 0.102. The molecule has 6 heteroatoms. The van der Waals surface area contributed by atoms with Crippen molar-refractivity contribution in [3.05, 3.63) is 52.5 Å².